The molecule has 2 heterocycles. The highest BCUT2D eigenvalue weighted by Crippen LogP contribution is 2.33. The second kappa shape index (κ2) is 10.00. The summed E-state index contributed by atoms with van der Waals surface area (Å²) in [5, 5.41) is 4.90. The number of carbonyl (C=O) groups is 3. The first kappa shape index (κ1) is 21.5. The molecule has 2 atom stereocenters. The van der Waals surface area contributed by atoms with Gasteiger partial charge in [-0.2, -0.15) is 0 Å². The molecule has 9 heteroatoms. The fourth-order valence-corrected chi connectivity index (χ4v) is 3.60. The van der Waals surface area contributed by atoms with Crippen LogP contribution in [0.1, 0.15) is 48.6 Å². The normalized spacial score (nSPS) is 24.7. The van der Waals surface area contributed by atoms with Crippen molar-refractivity contribution < 1.29 is 23.2 Å². The monoisotopic (exact) mass is 416 g/mol. The third-order valence-electron chi connectivity index (χ3n) is 5.17. The van der Waals surface area contributed by atoms with Crippen LogP contribution in [0.5, 0.6) is 0 Å². The van der Waals surface area contributed by atoms with Gasteiger partial charge in [-0.15, -0.1) is 0 Å². The topological polar surface area (TPSA) is 100.0 Å². The summed E-state index contributed by atoms with van der Waals surface area (Å²) < 4.78 is 29.7. The van der Waals surface area contributed by atoms with Crippen molar-refractivity contribution in [2.24, 2.45) is 9.98 Å². The van der Waals surface area contributed by atoms with Gasteiger partial charge in [-0.25, -0.2) is 8.78 Å². The lowest BCUT2D eigenvalue weighted by atomic mass is 9.86. The molecule has 3 rings (SSSR count). The summed E-state index contributed by atoms with van der Waals surface area (Å²) >= 11 is 0. The summed E-state index contributed by atoms with van der Waals surface area (Å²) in [6.07, 6.45) is 6.20. The Morgan fingerprint density at radius 1 is 1.03 bits per heavy atom. The number of benzene rings is 1. The molecule has 1 aromatic rings. The van der Waals surface area contributed by atoms with E-state index >= 15 is 0 Å². The van der Waals surface area contributed by atoms with E-state index < -0.39 is 29.4 Å². The third-order valence-corrected chi connectivity index (χ3v) is 5.17. The number of halogens is 2. The Morgan fingerprint density at radius 2 is 1.73 bits per heavy atom. The van der Waals surface area contributed by atoms with Gasteiger partial charge in [-0.05, 0) is 42.9 Å². The molecule has 0 aliphatic carbocycles. The Morgan fingerprint density at radius 3 is 2.40 bits per heavy atom. The number of rotatable bonds is 3. The summed E-state index contributed by atoms with van der Waals surface area (Å²) in [7, 11) is 0. The molecule has 0 radical (unpaired) electrons. The summed E-state index contributed by atoms with van der Waals surface area (Å²) in [6.45, 7) is 0.793. The number of carbonyl (C=O) groups excluding carboxylic acids is 3. The number of aliphatic imine (C=N–C) groups is 2. The van der Waals surface area contributed by atoms with Gasteiger partial charge in [-0.1, -0.05) is 0 Å². The van der Waals surface area contributed by atoms with Crippen LogP contribution in [-0.2, 0) is 14.4 Å². The van der Waals surface area contributed by atoms with Crippen LogP contribution < -0.4 is 10.6 Å². The van der Waals surface area contributed by atoms with E-state index in [9.17, 15) is 23.2 Å². The maximum Gasteiger partial charge on any atom is 0.234 e. The number of piperidine rings is 1. The van der Waals surface area contributed by atoms with Crippen molar-refractivity contribution in [2.75, 3.05) is 13.1 Å². The maximum absolute atomic E-state index is 14.8. The molecule has 30 heavy (non-hydrogen) atoms. The Kier molecular flexibility index (Phi) is 7.16. The van der Waals surface area contributed by atoms with Crippen molar-refractivity contribution in [1.29, 1.82) is 0 Å². The van der Waals surface area contributed by atoms with Crippen LogP contribution in [0.3, 0.4) is 0 Å². The molecular weight excluding hydrogens is 394 g/mol. The average molecular weight is 416 g/mol. The number of hydrogen-bond acceptors (Lipinski definition) is 6. The fourth-order valence-electron chi connectivity index (χ4n) is 3.60. The van der Waals surface area contributed by atoms with Crippen LogP contribution in [0.25, 0.3) is 0 Å². The van der Waals surface area contributed by atoms with Crippen molar-refractivity contribution in [2.45, 2.75) is 37.5 Å². The van der Waals surface area contributed by atoms with E-state index in [1.807, 2.05) is 0 Å². The predicted molar refractivity (Wildman–Crippen MR) is 107 cm³/mol. The van der Waals surface area contributed by atoms with E-state index in [-0.39, 0.29) is 24.3 Å². The molecule has 0 aromatic heterocycles. The second-order valence-electron chi connectivity index (χ2n) is 7.18. The molecule has 158 valence electrons. The molecule has 7 nitrogen and oxygen atoms in total. The zero-order chi connectivity index (χ0) is 21.5. The molecule has 0 bridgehead atoms. The van der Waals surface area contributed by atoms with E-state index in [2.05, 4.69) is 20.6 Å². The highest BCUT2D eigenvalue weighted by atomic mass is 19.1. The molecule has 2 aliphatic heterocycles. The van der Waals surface area contributed by atoms with Crippen LogP contribution in [0, 0.1) is 11.6 Å². The minimum Gasteiger partial charge on any atom is -0.352 e. The molecule has 2 aliphatic rings. The van der Waals surface area contributed by atoms with Crippen LogP contribution in [0.15, 0.2) is 33.9 Å². The smallest absolute Gasteiger partial charge is 0.234 e. The third kappa shape index (κ3) is 5.22. The van der Waals surface area contributed by atoms with E-state index in [0.29, 0.717) is 43.4 Å². The Bertz CT molecular complexity index is 904. The molecule has 2 unspecified atom stereocenters. The molecule has 1 fully saturated rings. The van der Waals surface area contributed by atoms with Crippen molar-refractivity contribution >= 4 is 30.7 Å². The number of nitrogens with one attached hydrogen (secondary N) is 2. The minimum absolute atomic E-state index is 0.0426. The van der Waals surface area contributed by atoms with Crippen molar-refractivity contribution in [3.8, 4) is 0 Å². The first-order chi connectivity index (χ1) is 14.5. The van der Waals surface area contributed by atoms with Gasteiger partial charge in [0.15, 0.2) is 6.29 Å². The maximum atomic E-state index is 14.8. The molecule has 1 aromatic carbocycles. The number of hydrogen-bond donors (Lipinski definition) is 2. The number of nitrogens with zero attached hydrogens (tertiary/aromatic N) is 2. The van der Waals surface area contributed by atoms with Gasteiger partial charge in [0.25, 0.3) is 0 Å². The summed E-state index contributed by atoms with van der Waals surface area (Å²) in [5.74, 6) is -3.96. The van der Waals surface area contributed by atoms with Crippen molar-refractivity contribution in [3.63, 3.8) is 0 Å². The van der Waals surface area contributed by atoms with Gasteiger partial charge < -0.3 is 5.32 Å². The summed E-state index contributed by atoms with van der Waals surface area (Å²) in [6, 6.07) is 2.50. The molecule has 1 saturated heterocycles. The summed E-state index contributed by atoms with van der Waals surface area (Å²) in [4.78, 5) is 42.7. The number of amides is 2. The Balaban J connectivity index is 1.83. The molecule has 0 saturated carbocycles. The van der Waals surface area contributed by atoms with E-state index in [4.69, 9.17) is 0 Å². The van der Waals surface area contributed by atoms with E-state index in [1.165, 1.54) is 30.9 Å². The van der Waals surface area contributed by atoms with Gasteiger partial charge in [0, 0.05) is 43.1 Å². The largest absolute Gasteiger partial charge is 0.352 e. The second-order valence-corrected chi connectivity index (χ2v) is 7.18. The van der Waals surface area contributed by atoms with Crippen LogP contribution >= 0.6 is 0 Å². The minimum atomic E-state index is -1.03. The molecule has 0 spiro atoms. The van der Waals surface area contributed by atoms with Crippen LogP contribution in [-0.4, -0.2) is 43.7 Å². The van der Waals surface area contributed by atoms with Crippen LogP contribution in [0.4, 0.5) is 8.78 Å². The first-order valence-electron chi connectivity index (χ1n) is 9.71. The van der Waals surface area contributed by atoms with E-state index in [1.54, 1.807) is 0 Å². The Labute approximate surface area is 172 Å². The average Bonchev–Trinajstić information content (AvgIpc) is 2.69. The van der Waals surface area contributed by atoms with Crippen LogP contribution in [0.2, 0.25) is 0 Å². The van der Waals surface area contributed by atoms with Gasteiger partial charge in [0.1, 0.15) is 11.6 Å². The highest BCUT2D eigenvalue weighted by molar-refractivity contribution is 6.02. The summed E-state index contributed by atoms with van der Waals surface area (Å²) in [5.41, 5.74) is 0.504. The Hall–Kier alpha value is -3.23. The van der Waals surface area contributed by atoms with E-state index in [0.717, 1.165) is 0 Å². The predicted octanol–water partition coefficient (Wildman–Crippen LogP) is 2.13. The lowest BCUT2D eigenvalue weighted by molar-refractivity contribution is -0.134. The SMILES string of the molecule is O=C/C1=C/NC=NCCC(c2cc(F)c(C3CCC(=O)NC3=O)c(F)c2)CCN=C1. The number of aldehydes is 1. The molecule has 2 N–H and O–H groups in total. The quantitative estimate of drug-likeness (QED) is 0.582. The molecule has 2 amide bonds. The van der Waals surface area contributed by atoms with Crippen molar-refractivity contribution in [1.82, 2.24) is 10.6 Å². The zero-order valence-electron chi connectivity index (χ0n) is 16.2. The lowest BCUT2D eigenvalue weighted by Crippen LogP contribution is -2.40. The fraction of sp³-hybridized carbons (Fsp3) is 0.381. The number of imide groups is 1. The van der Waals surface area contributed by atoms with Gasteiger partial charge in [-0.3, -0.25) is 29.7 Å². The highest BCUT2D eigenvalue weighted by Gasteiger charge is 2.33. The lowest BCUT2D eigenvalue weighted by Gasteiger charge is -2.23. The van der Waals surface area contributed by atoms with Crippen molar-refractivity contribution in [3.05, 3.63) is 46.7 Å². The first-order valence-corrected chi connectivity index (χ1v) is 9.71. The number of allylic oxidation sites excluding steroid dienone is 1. The van der Waals surface area contributed by atoms with Gasteiger partial charge >= 0.3 is 0 Å². The van der Waals surface area contributed by atoms with Gasteiger partial charge in [0.2, 0.25) is 11.8 Å². The zero-order valence-corrected chi connectivity index (χ0v) is 16.2. The van der Waals surface area contributed by atoms with Gasteiger partial charge in [0.05, 0.1) is 12.3 Å². The standard InChI is InChI=1S/C21H22F2N4O3/c22-17-7-15(8-18(23)20(17)16-1-2-19(29)27-21(16)30)14-3-5-24-9-13(11-28)10-26-12-25-6-4-14/h7-12,14,16H,1-6H2,(H,25,26)(H,27,29,30)/b13-10+,24-9?. The molecular formula is C21H22F2N4O3.